The second kappa shape index (κ2) is 7.87. The molecular weight excluding hydrogens is 388 g/mol. The number of fused-ring (bicyclic) bond motifs is 1. The van der Waals surface area contributed by atoms with Crippen molar-refractivity contribution in [1.29, 1.82) is 0 Å². The summed E-state index contributed by atoms with van der Waals surface area (Å²) in [5.74, 6) is 1.01. The summed E-state index contributed by atoms with van der Waals surface area (Å²) in [6.45, 7) is 1.89. The van der Waals surface area contributed by atoms with Crippen molar-refractivity contribution in [3.63, 3.8) is 0 Å². The number of H-pyrrole nitrogens is 1. The molecule has 7 nitrogen and oxygen atoms in total. The van der Waals surface area contributed by atoms with E-state index in [0.29, 0.717) is 17.3 Å². The predicted molar refractivity (Wildman–Crippen MR) is 118 cm³/mol. The lowest BCUT2D eigenvalue weighted by atomic mass is 9.96. The monoisotopic (exact) mass is 409 g/mol. The SMILES string of the molecule is CC1=C(C(=O)Nc2ccccc2)C(c2ccc[nH+]c2)n2nc(-c3ccccc3)nc2N1. The van der Waals surface area contributed by atoms with E-state index in [1.165, 1.54) is 0 Å². The Morgan fingerprint density at radius 1 is 1.03 bits per heavy atom. The van der Waals surface area contributed by atoms with Crippen molar-refractivity contribution in [2.24, 2.45) is 0 Å². The van der Waals surface area contributed by atoms with E-state index < -0.39 is 6.04 Å². The number of carbonyl (C=O) groups is 1. The third-order valence-electron chi connectivity index (χ3n) is 5.21. The molecule has 0 saturated carbocycles. The smallest absolute Gasteiger partial charge is 0.255 e. The van der Waals surface area contributed by atoms with Crippen LogP contribution in [0.25, 0.3) is 11.4 Å². The molecule has 152 valence electrons. The molecule has 0 saturated heterocycles. The molecule has 2 aromatic heterocycles. The molecule has 2 aromatic carbocycles. The van der Waals surface area contributed by atoms with Gasteiger partial charge in [-0.3, -0.25) is 4.79 Å². The van der Waals surface area contributed by atoms with E-state index >= 15 is 0 Å². The van der Waals surface area contributed by atoms with Gasteiger partial charge in [0.25, 0.3) is 5.91 Å². The molecule has 3 heterocycles. The Morgan fingerprint density at radius 3 is 2.48 bits per heavy atom. The first-order valence-electron chi connectivity index (χ1n) is 10.0. The van der Waals surface area contributed by atoms with E-state index in [1.807, 2.05) is 92.1 Å². The van der Waals surface area contributed by atoms with E-state index in [4.69, 9.17) is 5.10 Å². The Bertz CT molecular complexity index is 1250. The molecule has 3 N–H and O–H groups in total. The van der Waals surface area contributed by atoms with Crippen LogP contribution >= 0.6 is 0 Å². The van der Waals surface area contributed by atoms with Gasteiger partial charge in [0.1, 0.15) is 6.04 Å². The van der Waals surface area contributed by atoms with Gasteiger partial charge in [-0.15, -0.1) is 5.10 Å². The molecule has 1 aliphatic rings. The number of nitrogens with zero attached hydrogens (tertiary/aromatic N) is 3. The number of aromatic amines is 1. The highest BCUT2D eigenvalue weighted by atomic mass is 16.1. The summed E-state index contributed by atoms with van der Waals surface area (Å²) in [6.07, 6.45) is 3.72. The molecular formula is C24H21N6O+. The maximum Gasteiger partial charge on any atom is 0.255 e. The van der Waals surface area contributed by atoms with Gasteiger partial charge in [0.15, 0.2) is 18.2 Å². The fourth-order valence-corrected chi connectivity index (χ4v) is 3.76. The Hall–Kier alpha value is -4.26. The first kappa shape index (κ1) is 18.7. The number of pyridine rings is 1. The number of rotatable bonds is 4. The number of anilines is 2. The zero-order valence-corrected chi connectivity index (χ0v) is 16.9. The molecule has 0 aliphatic carbocycles. The normalized spacial score (nSPS) is 15.2. The number of hydrogen-bond acceptors (Lipinski definition) is 4. The molecule has 0 fully saturated rings. The standard InChI is InChI=1S/C24H20N6O/c1-16-20(23(31)27-19-12-6-3-7-13-19)21(18-11-8-14-25-15-18)30-24(26-16)28-22(29-30)17-9-4-2-5-10-17/h2-15,21H,1H3,(H,27,31)(H,26,28,29)/p+1. The van der Waals surface area contributed by atoms with Crippen LogP contribution in [0.4, 0.5) is 11.6 Å². The minimum atomic E-state index is -0.428. The van der Waals surface area contributed by atoms with Gasteiger partial charge >= 0.3 is 0 Å². The first-order valence-corrected chi connectivity index (χ1v) is 10.0. The molecule has 1 amide bonds. The lowest BCUT2D eigenvalue weighted by molar-refractivity contribution is -0.378. The average molecular weight is 409 g/mol. The van der Waals surface area contributed by atoms with Crippen LogP contribution in [0.15, 0.2) is 96.5 Å². The molecule has 4 aromatic rings. The van der Waals surface area contributed by atoms with Gasteiger partial charge in [-0.1, -0.05) is 48.5 Å². The number of benzene rings is 2. The van der Waals surface area contributed by atoms with E-state index in [2.05, 4.69) is 20.6 Å². The average Bonchev–Trinajstić information content (AvgIpc) is 3.23. The van der Waals surface area contributed by atoms with Crippen LogP contribution in [0.5, 0.6) is 0 Å². The van der Waals surface area contributed by atoms with Gasteiger partial charge in [-0.2, -0.15) is 4.98 Å². The highest BCUT2D eigenvalue weighted by Crippen LogP contribution is 2.36. The van der Waals surface area contributed by atoms with Crippen molar-refractivity contribution in [1.82, 2.24) is 14.8 Å². The van der Waals surface area contributed by atoms with E-state index in [1.54, 1.807) is 4.68 Å². The highest BCUT2D eigenvalue weighted by molar-refractivity contribution is 6.06. The lowest BCUT2D eigenvalue weighted by Crippen LogP contribution is -2.32. The molecule has 1 aliphatic heterocycles. The summed E-state index contributed by atoms with van der Waals surface area (Å²) in [6, 6.07) is 22.7. The van der Waals surface area contributed by atoms with Crippen LogP contribution in [-0.4, -0.2) is 20.7 Å². The van der Waals surface area contributed by atoms with Gasteiger partial charge in [0.2, 0.25) is 5.95 Å². The molecule has 0 spiro atoms. The molecule has 0 radical (unpaired) electrons. The van der Waals surface area contributed by atoms with Gasteiger partial charge < -0.3 is 10.6 Å². The fraction of sp³-hybridized carbons (Fsp3) is 0.0833. The number of carbonyl (C=O) groups excluding carboxylic acids is 1. The first-order chi connectivity index (χ1) is 15.2. The van der Waals surface area contributed by atoms with Crippen LogP contribution in [-0.2, 0) is 4.79 Å². The third-order valence-corrected chi connectivity index (χ3v) is 5.21. The van der Waals surface area contributed by atoms with Crippen molar-refractivity contribution in [2.75, 3.05) is 10.6 Å². The highest BCUT2D eigenvalue weighted by Gasteiger charge is 2.35. The molecule has 7 heteroatoms. The number of nitrogens with one attached hydrogen (secondary N) is 3. The Morgan fingerprint density at radius 2 is 1.77 bits per heavy atom. The lowest BCUT2D eigenvalue weighted by Gasteiger charge is -2.27. The summed E-state index contributed by atoms with van der Waals surface area (Å²) >= 11 is 0. The largest absolute Gasteiger partial charge is 0.328 e. The van der Waals surface area contributed by atoms with E-state index in [-0.39, 0.29) is 5.91 Å². The topological polar surface area (TPSA) is 86.0 Å². The maximum absolute atomic E-state index is 13.4. The molecule has 5 rings (SSSR count). The zero-order valence-electron chi connectivity index (χ0n) is 16.9. The number of aromatic nitrogens is 4. The van der Waals surface area contributed by atoms with Crippen molar-refractivity contribution < 1.29 is 9.78 Å². The van der Waals surface area contributed by atoms with Crippen LogP contribution in [0.2, 0.25) is 0 Å². The van der Waals surface area contributed by atoms with Gasteiger partial charge in [0, 0.05) is 28.6 Å². The summed E-state index contributed by atoms with van der Waals surface area (Å²) in [5.41, 5.74) is 3.88. The molecule has 1 unspecified atom stereocenters. The van der Waals surface area contributed by atoms with Crippen molar-refractivity contribution in [3.8, 4) is 11.4 Å². The quantitative estimate of drug-likeness (QED) is 0.538. The van der Waals surface area contributed by atoms with Gasteiger partial charge in [-0.05, 0) is 25.1 Å². The van der Waals surface area contributed by atoms with E-state index in [9.17, 15) is 4.79 Å². The molecule has 0 bridgehead atoms. The second-order valence-electron chi connectivity index (χ2n) is 7.29. The van der Waals surface area contributed by atoms with Crippen molar-refractivity contribution in [2.45, 2.75) is 13.0 Å². The third kappa shape index (κ3) is 3.57. The molecule has 31 heavy (non-hydrogen) atoms. The van der Waals surface area contributed by atoms with Crippen molar-refractivity contribution >= 4 is 17.5 Å². The Labute approximate surface area is 179 Å². The maximum atomic E-state index is 13.4. The van der Waals surface area contributed by atoms with Crippen LogP contribution < -0.4 is 15.6 Å². The minimum absolute atomic E-state index is 0.188. The van der Waals surface area contributed by atoms with E-state index in [0.717, 1.165) is 22.5 Å². The van der Waals surface area contributed by atoms with Crippen LogP contribution in [0, 0.1) is 0 Å². The predicted octanol–water partition coefficient (Wildman–Crippen LogP) is 3.69. The summed E-state index contributed by atoms with van der Waals surface area (Å²) in [7, 11) is 0. The number of hydrogen-bond donors (Lipinski definition) is 2. The second-order valence-corrected chi connectivity index (χ2v) is 7.29. The summed E-state index contributed by atoms with van der Waals surface area (Å²) < 4.78 is 1.78. The Balaban J connectivity index is 1.60. The zero-order chi connectivity index (χ0) is 21.2. The molecule has 1 atom stereocenters. The number of amides is 1. The van der Waals surface area contributed by atoms with Gasteiger partial charge in [0.05, 0.1) is 5.57 Å². The fourth-order valence-electron chi connectivity index (χ4n) is 3.76. The summed E-state index contributed by atoms with van der Waals surface area (Å²) in [5, 5.41) is 11.0. The number of para-hydroxylation sites is 1. The Kier molecular flexibility index (Phi) is 4.76. The van der Waals surface area contributed by atoms with Gasteiger partial charge in [-0.25, -0.2) is 9.67 Å². The number of allylic oxidation sites excluding steroid dienone is 1. The van der Waals surface area contributed by atoms with Crippen molar-refractivity contribution in [3.05, 3.63) is 102 Å². The summed E-state index contributed by atoms with van der Waals surface area (Å²) in [4.78, 5) is 21.2. The van der Waals surface area contributed by atoms with Crippen LogP contribution in [0.1, 0.15) is 18.5 Å². The minimum Gasteiger partial charge on any atom is -0.328 e. The van der Waals surface area contributed by atoms with Crippen LogP contribution in [0.3, 0.4) is 0 Å².